The van der Waals surface area contributed by atoms with Gasteiger partial charge in [-0.2, -0.15) is 0 Å². The second kappa shape index (κ2) is 5.65. The first kappa shape index (κ1) is 8.52. The van der Waals surface area contributed by atoms with Gasteiger partial charge >= 0.3 is 10.1 Å². The van der Waals surface area contributed by atoms with Gasteiger partial charge in [0.1, 0.15) is 0 Å². The minimum atomic E-state index is 0. The number of hydrogen-bond donors (Lipinski definition) is 0. The molecule has 9 heavy (non-hydrogen) atoms. The summed E-state index contributed by atoms with van der Waals surface area (Å²) in [6.07, 6.45) is 8.00. The molecule has 0 aliphatic carbocycles. The number of hydrogen-bond acceptors (Lipinski definition) is 0. The molecule has 0 aromatic rings. The third-order valence-electron chi connectivity index (χ3n) is 0.889. The Bertz CT molecular complexity index is 83.6. The minimum Gasteiger partial charge on any atom is -0.276 e. The summed E-state index contributed by atoms with van der Waals surface area (Å²) in [5.74, 6) is 4.00. The van der Waals surface area contributed by atoms with Gasteiger partial charge in [-0.15, -0.1) is 0 Å². The average Bonchev–Trinajstić information content (AvgIpc) is 1.12. The van der Waals surface area contributed by atoms with Crippen LogP contribution < -0.4 is 0 Å². The summed E-state index contributed by atoms with van der Waals surface area (Å²) >= 11 is 0. The summed E-state index contributed by atoms with van der Waals surface area (Å²) in [7, 11) is 4.00. The van der Waals surface area contributed by atoms with E-state index in [9.17, 15) is 0 Å². The van der Waals surface area contributed by atoms with Gasteiger partial charge in [0.05, 0.1) is 0 Å². The molecule has 0 saturated heterocycles. The Morgan fingerprint density at radius 1 is 0.889 bits per heavy atom. The van der Waals surface area contributed by atoms with E-state index in [0.29, 0.717) is 0 Å². The summed E-state index contributed by atoms with van der Waals surface area (Å²) in [6, 6.07) is 0. The van der Waals surface area contributed by atoms with Crippen LogP contribution in [0.5, 0.6) is 0 Å². The van der Waals surface area contributed by atoms with E-state index in [4.69, 9.17) is 0 Å². The molecule has 0 amide bonds. The van der Waals surface area contributed by atoms with E-state index in [1.165, 1.54) is 0 Å². The van der Waals surface area contributed by atoms with Gasteiger partial charge in [-0.25, -0.2) is 12.2 Å². The first-order chi connectivity index (χ1) is 4.00. The van der Waals surface area contributed by atoms with Crippen LogP contribution in [-0.2, 0) is 0 Å². The fourth-order valence-electron chi connectivity index (χ4n) is 0.222. The van der Waals surface area contributed by atoms with Crippen molar-refractivity contribution in [3.05, 3.63) is 36.7 Å². The molecule has 0 bridgehead atoms. The SMILES string of the molecule is [B]1C=C[CH-]1.[B]1C=C[CH-]1.[Be+2]. The third-order valence-corrected chi connectivity index (χ3v) is 0.889. The molecular formula is C6H6B2Be. The number of allylic oxidation sites excluding steroid dienone is 2. The van der Waals surface area contributed by atoms with Crippen molar-refractivity contribution in [2.45, 2.75) is 0 Å². The molecule has 0 unspecified atom stereocenters. The molecular weight excluding hydrogens is 103 g/mol. The first-order valence-electron chi connectivity index (χ1n) is 2.67. The van der Waals surface area contributed by atoms with Crippen LogP contribution in [0, 0.1) is 12.6 Å². The summed E-state index contributed by atoms with van der Waals surface area (Å²) < 4.78 is 0. The van der Waals surface area contributed by atoms with E-state index in [1.54, 1.807) is 0 Å². The topological polar surface area (TPSA) is 0 Å². The zero-order chi connectivity index (χ0) is 5.66. The molecule has 0 aromatic heterocycles. The van der Waals surface area contributed by atoms with E-state index in [-0.39, 0.29) is 10.1 Å². The monoisotopic (exact) mass is 109 g/mol. The Hall–Kier alpha value is -0.481. The van der Waals surface area contributed by atoms with Gasteiger partial charge in [-0.05, 0) is 0 Å². The van der Waals surface area contributed by atoms with Gasteiger partial charge in [0.15, 0.2) is 0 Å². The second-order valence-electron chi connectivity index (χ2n) is 1.54. The molecule has 2 radical (unpaired) electrons. The first-order valence-corrected chi connectivity index (χ1v) is 2.67. The van der Waals surface area contributed by atoms with Crippen molar-refractivity contribution in [2.75, 3.05) is 0 Å². The van der Waals surface area contributed by atoms with Crippen LogP contribution in [0.4, 0.5) is 0 Å². The van der Waals surface area contributed by atoms with Crippen molar-refractivity contribution in [3.8, 4) is 0 Å². The fourth-order valence-corrected chi connectivity index (χ4v) is 0.222. The van der Waals surface area contributed by atoms with Crippen molar-refractivity contribution in [1.82, 2.24) is 0 Å². The maximum atomic E-state index is 2.00. The van der Waals surface area contributed by atoms with Gasteiger partial charge in [-0.3, -0.25) is 24.6 Å². The van der Waals surface area contributed by atoms with Gasteiger partial charge in [0, 0.05) is 0 Å². The summed E-state index contributed by atoms with van der Waals surface area (Å²) in [6.45, 7) is 0. The van der Waals surface area contributed by atoms with Crippen LogP contribution in [0.2, 0.25) is 0 Å². The molecule has 3 heteroatoms. The summed E-state index contributed by atoms with van der Waals surface area (Å²) in [4.78, 5) is 0. The Labute approximate surface area is 62.1 Å². The molecule has 0 spiro atoms. The smallest absolute Gasteiger partial charge is 0.276 e. The van der Waals surface area contributed by atoms with Crippen molar-refractivity contribution in [3.63, 3.8) is 0 Å². The van der Waals surface area contributed by atoms with E-state index in [0.717, 1.165) is 0 Å². The Kier molecular flexibility index (Phi) is 5.35. The molecule has 0 atom stereocenters. The van der Waals surface area contributed by atoms with Gasteiger partial charge in [0.2, 0.25) is 0 Å². The van der Waals surface area contributed by atoms with Gasteiger partial charge in [-0.1, -0.05) is 14.6 Å². The van der Waals surface area contributed by atoms with Crippen molar-refractivity contribution >= 4 is 24.7 Å². The molecule has 38 valence electrons. The van der Waals surface area contributed by atoms with Crippen molar-refractivity contribution < 1.29 is 0 Å². The van der Waals surface area contributed by atoms with E-state index < -0.39 is 0 Å². The molecule has 0 saturated carbocycles. The van der Waals surface area contributed by atoms with Crippen molar-refractivity contribution in [2.24, 2.45) is 0 Å². The van der Waals surface area contributed by atoms with Crippen LogP contribution in [0.15, 0.2) is 24.1 Å². The molecule has 2 rings (SSSR count). The predicted molar refractivity (Wildman–Crippen MR) is 44.1 cm³/mol. The Morgan fingerprint density at radius 2 is 1.00 bits per heavy atom. The number of rotatable bonds is 0. The van der Waals surface area contributed by atoms with E-state index in [2.05, 4.69) is 0 Å². The molecule has 0 aromatic carbocycles. The summed E-state index contributed by atoms with van der Waals surface area (Å²) in [5.41, 5.74) is 0. The zero-order valence-corrected chi connectivity index (χ0v) is 5.33. The largest absolute Gasteiger partial charge is 2.00 e. The predicted octanol–water partition coefficient (Wildman–Crippen LogP) is 0.379. The van der Waals surface area contributed by atoms with Gasteiger partial charge in [0.25, 0.3) is 0 Å². The molecule has 2 aliphatic heterocycles. The van der Waals surface area contributed by atoms with Crippen LogP contribution in [0.1, 0.15) is 0 Å². The van der Waals surface area contributed by atoms with Crippen LogP contribution >= 0.6 is 0 Å². The van der Waals surface area contributed by atoms with E-state index >= 15 is 0 Å². The summed E-state index contributed by atoms with van der Waals surface area (Å²) in [5, 5.41) is 0. The van der Waals surface area contributed by atoms with Crippen LogP contribution in [0.3, 0.4) is 0 Å². The van der Waals surface area contributed by atoms with Crippen molar-refractivity contribution in [1.29, 1.82) is 0 Å². The van der Waals surface area contributed by atoms with Crippen LogP contribution in [-0.4, -0.2) is 24.7 Å². The normalized spacial score (nSPS) is 14.2. The average molecular weight is 109 g/mol. The zero-order valence-electron chi connectivity index (χ0n) is 5.33. The standard InChI is InChI=1S/2C3H3B.Be/c2*1-2-4-3-1;/h2*1-3H;/q2*-1;+2. The molecule has 2 heterocycles. The molecule has 0 fully saturated rings. The molecule has 0 nitrogen and oxygen atoms in total. The Balaban J connectivity index is 0.000000128. The maximum absolute atomic E-state index is 2.00. The third kappa shape index (κ3) is 4.05. The maximum Gasteiger partial charge on any atom is 2.00 e. The van der Waals surface area contributed by atoms with Crippen LogP contribution in [0.25, 0.3) is 0 Å². The molecule has 2 aliphatic rings. The van der Waals surface area contributed by atoms with E-state index in [1.807, 2.05) is 51.3 Å². The minimum absolute atomic E-state index is 0. The second-order valence-corrected chi connectivity index (χ2v) is 1.54. The molecule has 0 N–H and O–H groups in total. The fraction of sp³-hybridized carbons (Fsp3) is 0. The quantitative estimate of drug-likeness (QED) is 0.311. The Morgan fingerprint density at radius 3 is 1.00 bits per heavy atom. The van der Waals surface area contributed by atoms with Gasteiger partial charge < -0.3 is 0 Å².